The minimum Gasteiger partial charge on any atom is -0.504 e. The van der Waals surface area contributed by atoms with Gasteiger partial charge >= 0.3 is 17.8 Å². The van der Waals surface area contributed by atoms with Gasteiger partial charge in [0.25, 0.3) is 0 Å². The summed E-state index contributed by atoms with van der Waals surface area (Å²) in [7, 11) is 2.67. The van der Waals surface area contributed by atoms with Gasteiger partial charge < -0.3 is 19.9 Å². The van der Waals surface area contributed by atoms with E-state index in [9.17, 15) is 19.5 Å². The zero-order valence-corrected chi connectivity index (χ0v) is 16.6. The number of nitrogens with zero attached hydrogens (tertiary/aromatic N) is 1. The number of nitrogens with one attached hydrogen (secondary N) is 2. The van der Waals surface area contributed by atoms with E-state index in [1.54, 1.807) is 18.2 Å². The highest BCUT2D eigenvalue weighted by Gasteiger charge is 2.29. The van der Waals surface area contributed by atoms with Crippen LogP contribution in [0.5, 0.6) is 11.5 Å². The number of thiophene rings is 1. The van der Waals surface area contributed by atoms with Gasteiger partial charge in [0.05, 0.1) is 26.0 Å². The van der Waals surface area contributed by atoms with Crippen molar-refractivity contribution < 1.29 is 29.0 Å². The van der Waals surface area contributed by atoms with E-state index in [-0.39, 0.29) is 16.5 Å². The van der Waals surface area contributed by atoms with Gasteiger partial charge in [0.15, 0.2) is 11.5 Å². The molecule has 10 heteroatoms. The average Bonchev–Trinajstić information content (AvgIpc) is 3.29. The van der Waals surface area contributed by atoms with E-state index in [0.29, 0.717) is 11.1 Å². The van der Waals surface area contributed by atoms with E-state index >= 15 is 0 Å². The molecule has 0 spiro atoms. The summed E-state index contributed by atoms with van der Waals surface area (Å²) in [5.74, 6) is -2.44. The molecule has 2 aromatic rings. The van der Waals surface area contributed by atoms with Gasteiger partial charge in [-0.3, -0.25) is 9.59 Å². The number of anilines is 1. The standard InChI is InChI=1S/C19H19N3O6S/c1-27-12-7-3-5-10(15(12)23)9-20-22-17(25)16(24)21-18-14(19(26)28-2)11-6-4-8-13(11)29-18/h3,5,7,9,23H,4,6,8H2,1-2H3,(H,21,24)(H,22,25)/b20-9+. The lowest BCUT2D eigenvalue weighted by Crippen LogP contribution is -2.32. The fourth-order valence-corrected chi connectivity index (χ4v) is 4.26. The summed E-state index contributed by atoms with van der Waals surface area (Å²) in [6, 6.07) is 4.76. The Bertz CT molecular complexity index is 998. The molecule has 0 atom stereocenters. The number of aryl methyl sites for hydroxylation is 1. The van der Waals surface area contributed by atoms with Crippen molar-refractivity contribution in [2.24, 2.45) is 5.10 Å². The molecular weight excluding hydrogens is 398 g/mol. The Kier molecular flexibility index (Phi) is 6.13. The highest BCUT2D eigenvalue weighted by Crippen LogP contribution is 2.39. The maximum atomic E-state index is 12.2. The van der Waals surface area contributed by atoms with Crippen LogP contribution in [0, 0.1) is 0 Å². The van der Waals surface area contributed by atoms with Crippen LogP contribution in [0.2, 0.25) is 0 Å². The Morgan fingerprint density at radius 2 is 2.00 bits per heavy atom. The van der Waals surface area contributed by atoms with Crippen molar-refractivity contribution in [1.82, 2.24) is 5.43 Å². The number of hydrogen-bond acceptors (Lipinski definition) is 8. The molecule has 0 aliphatic heterocycles. The van der Waals surface area contributed by atoms with Gasteiger partial charge in [-0.1, -0.05) is 6.07 Å². The van der Waals surface area contributed by atoms with Crippen LogP contribution in [0.25, 0.3) is 0 Å². The SMILES string of the molecule is COC(=O)c1c(NC(=O)C(=O)N/N=C/c2cccc(OC)c2O)sc2c1CCC2. The second-order valence-corrected chi connectivity index (χ2v) is 7.21. The van der Waals surface area contributed by atoms with Gasteiger partial charge in [0.2, 0.25) is 0 Å². The summed E-state index contributed by atoms with van der Waals surface area (Å²) in [5.41, 5.74) is 3.55. The monoisotopic (exact) mass is 417 g/mol. The van der Waals surface area contributed by atoms with E-state index in [4.69, 9.17) is 9.47 Å². The predicted molar refractivity (Wildman–Crippen MR) is 107 cm³/mol. The molecule has 0 bridgehead atoms. The number of esters is 1. The number of amides is 2. The number of rotatable bonds is 5. The lowest BCUT2D eigenvalue weighted by Gasteiger charge is -2.06. The summed E-state index contributed by atoms with van der Waals surface area (Å²) in [4.78, 5) is 37.3. The number of aromatic hydroxyl groups is 1. The van der Waals surface area contributed by atoms with Crippen molar-refractivity contribution in [3.8, 4) is 11.5 Å². The van der Waals surface area contributed by atoms with Gasteiger partial charge in [-0.2, -0.15) is 5.10 Å². The summed E-state index contributed by atoms with van der Waals surface area (Å²) < 4.78 is 9.79. The molecule has 1 aliphatic carbocycles. The van der Waals surface area contributed by atoms with Crippen molar-refractivity contribution in [3.63, 3.8) is 0 Å². The number of carbonyl (C=O) groups is 3. The lowest BCUT2D eigenvalue weighted by molar-refractivity contribution is -0.136. The predicted octanol–water partition coefficient (Wildman–Crippen LogP) is 1.83. The van der Waals surface area contributed by atoms with E-state index in [1.165, 1.54) is 31.8 Å². The molecule has 9 nitrogen and oxygen atoms in total. The number of phenolic OH excluding ortho intramolecular Hbond substituents is 1. The molecule has 0 saturated heterocycles. The van der Waals surface area contributed by atoms with Crippen LogP contribution < -0.4 is 15.5 Å². The lowest BCUT2D eigenvalue weighted by atomic mass is 10.1. The van der Waals surface area contributed by atoms with Crippen molar-refractivity contribution in [2.75, 3.05) is 19.5 Å². The van der Waals surface area contributed by atoms with Gasteiger partial charge in [0.1, 0.15) is 5.00 Å². The normalized spacial score (nSPS) is 12.5. The van der Waals surface area contributed by atoms with Gasteiger partial charge in [0, 0.05) is 10.4 Å². The van der Waals surface area contributed by atoms with Gasteiger partial charge in [-0.15, -0.1) is 11.3 Å². The number of carbonyl (C=O) groups excluding carboxylic acids is 3. The van der Waals surface area contributed by atoms with Crippen LogP contribution in [0.4, 0.5) is 5.00 Å². The Morgan fingerprint density at radius 3 is 2.72 bits per heavy atom. The molecule has 1 heterocycles. The van der Waals surface area contributed by atoms with E-state index in [1.807, 2.05) is 0 Å². The molecule has 2 amide bonds. The fraction of sp³-hybridized carbons (Fsp3) is 0.263. The molecule has 1 aromatic carbocycles. The summed E-state index contributed by atoms with van der Waals surface area (Å²) >= 11 is 1.27. The smallest absolute Gasteiger partial charge is 0.341 e. The van der Waals surface area contributed by atoms with Crippen LogP contribution in [-0.4, -0.2) is 43.3 Å². The topological polar surface area (TPSA) is 126 Å². The zero-order valence-electron chi connectivity index (χ0n) is 15.8. The Balaban J connectivity index is 1.68. The molecule has 0 unspecified atom stereocenters. The van der Waals surface area contributed by atoms with Crippen LogP contribution >= 0.6 is 11.3 Å². The molecule has 0 saturated carbocycles. The third-order valence-corrected chi connectivity index (χ3v) is 5.57. The molecule has 152 valence electrons. The fourth-order valence-electron chi connectivity index (χ4n) is 2.99. The summed E-state index contributed by atoms with van der Waals surface area (Å²) in [5, 5.41) is 16.4. The number of methoxy groups -OCH3 is 2. The number of para-hydroxylation sites is 1. The van der Waals surface area contributed by atoms with Crippen LogP contribution in [-0.2, 0) is 27.2 Å². The number of benzene rings is 1. The third-order valence-electron chi connectivity index (χ3n) is 4.36. The van der Waals surface area contributed by atoms with Crippen LogP contribution in [0.15, 0.2) is 23.3 Å². The molecular formula is C19H19N3O6S. The first-order chi connectivity index (χ1) is 14.0. The quantitative estimate of drug-likeness (QED) is 0.295. The van der Waals surface area contributed by atoms with E-state index in [0.717, 1.165) is 29.7 Å². The molecule has 3 N–H and O–H groups in total. The van der Waals surface area contributed by atoms with Crippen molar-refractivity contribution in [3.05, 3.63) is 39.8 Å². The molecule has 0 fully saturated rings. The largest absolute Gasteiger partial charge is 0.504 e. The Labute approximate surface area is 170 Å². The molecule has 0 radical (unpaired) electrons. The summed E-state index contributed by atoms with van der Waals surface area (Å²) in [6.07, 6.45) is 3.67. The first-order valence-electron chi connectivity index (χ1n) is 8.69. The molecule has 1 aliphatic rings. The first-order valence-corrected chi connectivity index (χ1v) is 9.51. The highest BCUT2D eigenvalue weighted by molar-refractivity contribution is 7.17. The number of hydrazone groups is 1. The second kappa shape index (κ2) is 8.74. The second-order valence-electron chi connectivity index (χ2n) is 6.10. The number of hydrogen-bond donors (Lipinski definition) is 3. The van der Waals surface area contributed by atoms with Crippen LogP contribution in [0.1, 0.15) is 32.8 Å². The minimum absolute atomic E-state index is 0.145. The minimum atomic E-state index is -1.02. The van der Waals surface area contributed by atoms with Crippen molar-refractivity contribution >= 4 is 40.3 Å². The Morgan fingerprint density at radius 1 is 1.21 bits per heavy atom. The third kappa shape index (κ3) is 4.21. The molecule has 1 aromatic heterocycles. The van der Waals surface area contributed by atoms with Crippen LogP contribution in [0.3, 0.4) is 0 Å². The summed E-state index contributed by atoms with van der Waals surface area (Å²) in [6.45, 7) is 0. The number of phenols is 1. The first kappa shape index (κ1) is 20.3. The highest BCUT2D eigenvalue weighted by atomic mass is 32.1. The van der Waals surface area contributed by atoms with Crippen molar-refractivity contribution in [2.45, 2.75) is 19.3 Å². The molecule has 29 heavy (non-hydrogen) atoms. The number of ether oxygens (including phenoxy) is 2. The van der Waals surface area contributed by atoms with Crippen molar-refractivity contribution in [1.29, 1.82) is 0 Å². The van der Waals surface area contributed by atoms with E-state index in [2.05, 4.69) is 15.8 Å². The van der Waals surface area contributed by atoms with E-state index < -0.39 is 17.8 Å². The van der Waals surface area contributed by atoms with Gasteiger partial charge in [-0.05, 0) is 37.0 Å². The van der Waals surface area contributed by atoms with Gasteiger partial charge in [-0.25, -0.2) is 10.2 Å². The zero-order chi connectivity index (χ0) is 21.0. The Hall–Kier alpha value is -3.40. The maximum absolute atomic E-state index is 12.2. The average molecular weight is 417 g/mol. The molecule has 3 rings (SSSR count). The number of fused-ring (bicyclic) bond motifs is 1. The maximum Gasteiger partial charge on any atom is 0.341 e.